The average Bonchev–Trinajstić information content (AvgIpc) is 3.11. The zero-order valence-corrected chi connectivity index (χ0v) is 16.6. The van der Waals surface area contributed by atoms with Crippen molar-refractivity contribution in [2.45, 2.75) is 51.0 Å². The number of esters is 1. The Morgan fingerprint density at radius 2 is 2.03 bits per heavy atom. The molecule has 1 unspecified atom stereocenters. The van der Waals surface area contributed by atoms with Gasteiger partial charge in [0, 0.05) is 12.1 Å². The number of imidazole rings is 1. The highest BCUT2D eigenvalue weighted by Gasteiger charge is 2.26. The Labute approximate surface area is 168 Å². The van der Waals surface area contributed by atoms with Gasteiger partial charge in [0.2, 0.25) is 0 Å². The number of aliphatic carboxylic acids is 1. The predicted octanol–water partition coefficient (Wildman–Crippen LogP) is 2.17. The van der Waals surface area contributed by atoms with Gasteiger partial charge in [-0.15, -0.1) is 0 Å². The van der Waals surface area contributed by atoms with E-state index in [4.69, 9.17) is 14.8 Å². The lowest BCUT2D eigenvalue weighted by atomic mass is 9.87. The van der Waals surface area contributed by atoms with Gasteiger partial charge in [0.25, 0.3) is 5.91 Å². The summed E-state index contributed by atoms with van der Waals surface area (Å²) < 4.78 is 6.47. The van der Waals surface area contributed by atoms with Crippen molar-refractivity contribution in [3.8, 4) is 0 Å². The molecule has 29 heavy (non-hydrogen) atoms. The van der Waals surface area contributed by atoms with Crippen LogP contribution in [0, 0.1) is 0 Å². The molecule has 1 saturated carbocycles. The number of carboxylic acid groups (broad SMARTS) is 1. The van der Waals surface area contributed by atoms with E-state index >= 15 is 0 Å². The highest BCUT2D eigenvalue weighted by molar-refractivity contribution is 6.01. The summed E-state index contributed by atoms with van der Waals surface area (Å²) in [4.78, 5) is 40.2. The third-order valence-corrected chi connectivity index (χ3v) is 5.26. The summed E-state index contributed by atoms with van der Waals surface area (Å²) in [5, 5.41) is 14.6. The SMILES string of the molecule is COC(=O)CNc1c(C2CCCCC2)nc2c(C(=O)NC(C)C(=O)O)cccn12. The van der Waals surface area contributed by atoms with Crippen LogP contribution in [-0.4, -0.2) is 52.0 Å². The number of carbonyl (C=O) groups is 3. The summed E-state index contributed by atoms with van der Waals surface area (Å²) in [5.74, 6) is -1.13. The van der Waals surface area contributed by atoms with E-state index in [0.29, 0.717) is 11.5 Å². The molecule has 0 radical (unpaired) electrons. The number of rotatable bonds is 7. The number of anilines is 1. The summed E-state index contributed by atoms with van der Waals surface area (Å²) in [5.41, 5.74) is 1.53. The maximum absolute atomic E-state index is 12.7. The lowest BCUT2D eigenvalue weighted by Gasteiger charge is -2.21. The lowest BCUT2D eigenvalue weighted by Crippen LogP contribution is -2.38. The number of ether oxygens (including phenoxy) is 1. The second kappa shape index (κ2) is 8.93. The number of hydrogen-bond acceptors (Lipinski definition) is 6. The van der Waals surface area contributed by atoms with E-state index in [9.17, 15) is 14.4 Å². The van der Waals surface area contributed by atoms with Crippen LogP contribution < -0.4 is 10.6 Å². The Balaban J connectivity index is 2.02. The largest absolute Gasteiger partial charge is 0.480 e. The second-order valence-electron chi connectivity index (χ2n) is 7.26. The van der Waals surface area contributed by atoms with Crippen molar-refractivity contribution in [2.75, 3.05) is 19.0 Å². The maximum Gasteiger partial charge on any atom is 0.325 e. The third kappa shape index (κ3) is 4.49. The smallest absolute Gasteiger partial charge is 0.325 e. The molecule has 0 spiro atoms. The van der Waals surface area contributed by atoms with Gasteiger partial charge in [0.15, 0.2) is 5.65 Å². The first-order valence-corrected chi connectivity index (χ1v) is 9.77. The van der Waals surface area contributed by atoms with Gasteiger partial charge in [-0.3, -0.25) is 18.8 Å². The molecule has 2 heterocycles. The zero-order valence-electron chi connectivity index (χ0n) is 16.6. The van der Waals surface area contributed by atoms with Crippen LogP contribution in [-0.2, 0) is 14.3 Å². The number of fused-ring (bicyclic) bond motifs is 1. The second-order valence-corrected chi connectivity index (χ2v) is 7.26. The molecule has 1 aliphatic rings. The van der Waals surface area contributed by atoms with Gasteiger partial charge in [-0.25, -0.2) is 4.98 Å². The maximum atomic E-state index is 12.7. The van der Waals surface area contributed by atoms with Crippen LogP contribution in [0.25, 0.3) is 5.65 Å². The van der Waals surface area contributed by atoms with E-state index in [0.717, 1.165) is 31.4 Å². The van der Waals surface area contributed by atoms with Gasteiger partial charge in [0.05, 0.1) is 18.4 Å². The Morgan fingerprint density at radius 3 is 2.69 bits per heavy atom. The third-order valence-electron chi connectivity index (χ3n) is 5.26. The highest BCUT2D eigenvalue weighted by Crippen LogP contribution is 2.36. The molecular weight excluding hydrogens is 376 g/mol. The Morgan fingerprint density at radius 1 is 1.31 bits per heavy atom. The average molecular weight is 402 g/mol. The van der Waals surface area contributed by atoms with Gasteiger partial charge >= 0.3 is 11.9 Å². The first kappa shape index (κ1) is 20.6. The van der Waals surface area contributed by atoms with Crippen LogP contribution in [0.5, 0.6) is 0 Å². The van der Waals surface area contributed by atoms with Gasteiger partial charge < -0.3 is 20.5 Å². The molecule has 0 bridgehead atoms. The minimum Gasteiger partial charge on any atom is -0.480 e. The van der Waals surface area contributed by atoms with Crippen LogP contribution in [0.3, 0.4) is 0 Å². The summed E-state index contributed by atoms with van der Waals surface area (Å²) in [6.45, 7) is 1.39. The molecule has 0 saturated heterocycles. The van der Waals surface area contributed by atoms with Crippen molar-refractivity contribution in [1.29, 1.82) is 0 Å². The molecule has 9 heteroatoms. The van der Waals surface area contributed by atoms with Gasteiger partial charge in [-0.05, 0) is 31.9 Å². The van der Waals surface area contributed by atoms with Crippen molar-refractivity contribution in [2.24, 2.45) is 0 Å². The van der Waals surface area contributed by atoms with Crippen LogP contribution in [0.1, 0.15) is 61.0 Å². The van der Waals surface area contributed by atoms with Crippen LogP contribution in [0.2, 0.25) is 0 Å². The molecule has 2 aromatic rings. The Kier molecular flexibility index (Phi) is 6.36. The number of nitrogens with one attached hydrogen (secondary N) is 2. The fourth-order valence-electron chi connectivity index (χ4n) is 3.66. The number of pyridine rings is 1. The molecule has 3 rings (SSSR count). The summed E-state index contributed by atoms with van der Waals surface area (Å²) in [6.07, 6.45) is 7.17. The molecule has 2 aromatic heterocycles. The number of aromatic nitrogens is 2. The van der Waals surface area contributed by atoms with Crippen molar-refractivity contribution < 1.29 is 24.2 Å². The standard InChI is InChI=1S/C20H26N4O5/c1-12(20(27)28)22-19(26)14-9-6-10-24-17(14)23-16(13-7-4-3-5-8-13)18(24)21-11-15(25)29-2/h6,9-10,12-13,21H,3-5,7-8,11H2,1-2H3,(H,22,26)(H,27,28). The predicted molar refractivity (Wildman–Crippen MR) is 106 cm³/mol. The van der Waals surface area contributed by atoms with E-state index in [1.165, 1.54) is 20.5 Å². The summed E-state index contributed by atoms with van der Waals surface area (Å²) >= 11 is 0. The number of nitrogens with zero attached hydrogens (tertiary/aromatic N) is 2. The minimum absolute atomic E-state index is 0.0174. The number of methoxy groups -OCH3 is 1. The highest BCUT2D eigenvalue weighted by atomic mass is 16.5. The lowest BCUT2D eigenvalue weighted by molar-refractivity contribution is -0.139. The van der Waals surface area contributed by atoms with E-state index < -0.39 is 23.9 Å². The summed E-state index contributed by atoms with van der Waals surface area (Å²) in [7, 11) is 1.33. The van der Waals surface area contributed by atoms with Crippen molar-refractivity contribution in [3.63, 3.8) is 0 Å². The fourth-order valence-corrected chi connectivity index (χ4v) is 3.66. The number of amides is 1. The Bertz CT molecular complexity index is 917. The van der Waals surface area contributed by atoms with Crippen molar-refractivity contribution in [3.05, 3.63) is 29.6 Å². The molecule has 1 amide bonds. The van der Waals surface area contributed by atoms with E-state index in [-0.39, 0.29) is 18.0 Å². The van der Waals surface area contributed by atoms with Crippen LogP contribution >= 0.6 is 0 Å². The first-order valence-electron chi connectivity index (χ1n) is 9.77. The minimum atomic E-state index is -1.11. The van der Waals surface area contributed by atoms with Crippen LogP contribution in [0.15, 0.2) is 18.3 Å². The molecule has 1 atom stereocenters. The van der Waals surface area contributed by atoms with Gasteiger partial charge in [-0.2, -0.15) is 0 Å². The number of hydrogen-bond donors (Lipinski definition) is 3. The number of carbonyl (C=O) groups excluding carboxylic acids is 2. The molecule has 0 aromatic carbocycles. The molecule has 0 aliphatic heterocycles. The molecule has 156 valence electrons. The van der Waals surface area contributed by atoms with E-state index in [1.54, 1.807) is 22.7 Å². The quantitative estimate of drug-likeness (QED) is 0.607. The normalized spacial score (nSPS) is 15.7. The van der Waals surface area contributed by atoms with Gasteiger partial charge in [0.1, 0.15) is 18.4 Å². The molecular formula is C20H26N4O5. The van der Waals surface area contributed by atoms with Crippen molar-refractivity contribution in [1.82, 2.24) is 14.7 Å². The van der Waals surface area contributed by atoms with E-state index in [2.05, 4.69) is 10.6 Å². The van der Waals surface area contributed by atoms with Crippen LogP contribution in [0.4, 0.5) is 5.82 Å². The number of carboxylic acids is 1. The molecule has 9 nitrogen and oxygen atoms in total. The Hall–Kier alpha value is -3.10. The fraction of sp³-hybridized carbons (Fsp3) is 0.500. The van der Waals surface area contributed by atoms with Crippen molar-refractivity contribution >= 4 is 29.3 Å². The topological polar surface area (TPSA) is 122 Å². The molecule has 3 N–H and O–H groups in total. The monoisotopic (exact) mass is 402 g/mol. The molecule has 1 aliphatic carbocycles. The summed E-state index contributed by atoms with van der Waals surface area (Å²) in [6, 6.07) is 2.29. The zero-order chi connectivity index (χ0) is 21.0. The first-order chi connectivity index (χ1) is 13.9. The molecule has 1 fully saturated rings. The van der Waals surface area contributed by atoms with E-state index in [1.807, 2.05) is 0 Å². The van der Waals surface area contributed by atoms with Gasteiger partial charge in [-0.1, -0.05) is 19.3 Å².